The van der Waals surface area contributed by atoms with Crippen LogP contribution in [0.2, 0.25) is 0 Å². The number of hydrogen-bond acceptors (Lipinski definition) is 5. The van der Waals surface area contributed by atoms with E-state index in [-0.39, 0.29) is 17.4 Å². The van der Waals surface area contributed by atoms with Crippen LogP contribution in [0.1, 0.15) is 29.1 Å². The van der Waals surface area contributed by atoms with Crippen molar-refractivity contribution in [2.75, 3.05) is 6.61 Å². The third kappa shape index (κ3) is 4.61. The van der Waals surface area contributed by atoms with Crippen LogP contribution in [-0.2, 0) is 9.53 Å². The van der Waals surface area contributed by atoms with Gasteiger partial charge in [-0.3, -0.25) is 4.79 Å². The predicted molar refractivity (Wildman–Crippen MR) is 113 cm³/mol. The maximum atomic E-state index is 13.3. The quantitative estimate of drug-likeness (QED) is 0.460. The number of aromatic nitrogens is 1. The molecule has 0 spiro atoms. The lowest BCUT2D eigenvalue weighted by atomic mass is 10.0. The van der Waals surface area contributed by atoms with Crippen LogP contribution >= 0.6 is 0 Å². The molecule has 6 nitrogen and oxygen atoms in total. The molecule has 4 aromatic rings. The van der Waals surface area contributed by atoms with Gasteiger partial charge in [0, 0.05) is 10.9 Å². The lowest BCUT2D eigenvalue weighted by molar-refractivity contribution is -0.125. The third-order valence-corrected chi connectivity index (χ3v) is 4.76. The first-order chi connectivity index (χ1) is 15.0. The summed E-state index contributed by atoms with van der Waals surface area (Å²) >= 11 is 0. The van der Waals surface area contributed by atoms with E-state index in [0.29, 0.717) is 27.9 Å². The maximum absolute atomic E-state index is 13.3. The summed E-state index contributed by atoms with van der Waals surface area (Å²) in [6, 6.07) is 17.7. The highest BCUT2D eigenvalue weighted by Gasteiger charge is 2.18. The Kier molecular flexibility index (Phi) is 5.75. The Balaban J connectivity index is 1.54. The molecule has 0 radical (unpaired) electrons. The summed E-state index contributed by atoms with van der Waals surface area (Å²) < 4.78 is 23.8. The van der Waals surface area contributed by atoms with E-state index in [1.165, 1.54) is 18.4 Å². The minimum absolute atomic E-state index is 0.275. The second kappa shape index (κ2) is 8.79. The van der Waals surface area contributed by atoms with Crippen molar-refractivity contribution < 1.29 is 23.1 Å². The summed E-state index contributed by atoms with van der Waals surface area (Å²) in [6.07, 6.45) is 1.52. The van der Waals surface area contributed by atoms with Crippen molar-refractivity contribution in [1.29, 1.82) is 0 Å². The number of hydrogen-bond donors (Lipinski definition) is 1. The molecule has 2 heterocycles. The van der Waals surface area contributed by atoms with Gasteiger partial charge in [-0.05, 0) is 55.5 Å². The molecule has 2 aromatic carbocycles. The molecule has 2 aromatic heterocycles. The van der Waals surface area contributed by atoms with E-state index in [9.17, 15) is 14.0 Å². The van der Waals surface area contributed by atoms with Gasteiger partial charge in [0.05, 0.1) is 29.1 Å². The zero-order chi connectivity index (χ0) is 21.8. The number of rotatable bonds is 6. The Bertz CT molecular complexity index is 1220. The molecule has 0 aliphatic heterocycles. The normalized spacial score (nSPS) is 11.8. The van der Waals surface area contributed by atoms with Crippen LogP contribution in [0.15, 0.2) is 77.4 Å². The number of ether oxygens (including phenoxy) is 1. The molecule has 0 aliphatic rings. The van der Waals surface area contributed by atoms with Gasteiger partial charge in [0.15, 0.2) is 6.61 Å². The molecule has 1 N–H and O–H groups in total. The van der Waals surface area contributed by atoms with Crippen LogP contribution in [0.4, 0.5) is 4.39 Å². The minimum atomic E-state index is -0.650. The molecule has 0 unspecified atom stereocenters. The summed E-state index contributed by atoms with van der Waals surface area (Å²) in [7, 11) is 0. The lowest BCUT2D eigenvalue weighted by Crippen LogP contribution is -2.31. The summed E-state index contributed by atoms with van der Waals surface area (Å²) in [5, 5.41) is 3.31. The van der Waals surface area contributed by atoms with E-state index in [4.69, 9.17) is 9.15 Å². The van der Waals surface area contributed by atoms with Crippen molar-refractivity contribution in [2.45, 2.75) is 13.0 Å². The number of fused-ring (bicyclic) bond motifs is 1. The number of nitrogens with one attached hydrogen (secondary N) is 1. The Labute approximate surface area is 177 Å². The van der Waals surface area contributed by atoms with Gasteiger partial charge >= 0.3 is 5.97 Å². The van der Waals surface area contributed by atoms with Gasteiger partial charge in [0.1, 0.15) is 11.6 Å². The van der Waals surface area contributed by atoms with Crippen molar-refractivity contribution in [2.24, 2.45) is 0 Å². The minimum Gasteiger partial charge on any atom is -0.467 e. The maximum Gasteiger partial charge on any atom is 0.339 e. The zero-order valence-electron chi connectivity index (χ0n) is 16.7. The van der Waals surface area contributed by atoms with E-state index in [1.807, 2.05) is 6.07 Å². The van der Waals surface area contributed by atoms with Crippen LogP contribution in [-0.4, -0.2) is 23.5 Å². The topological polar surface area (TPSA) is 81.4 Å². The number of pyridine rings is 1. The number of carbonyl (C=O) groups is 2. The number of nitrogens with zero attached hydrogens (tertiary/aromatic N) is 1. The molecular formula is C24H19FN2O4. The third-order valence-electron chi connectivity index (χ3n) is 4.76. The average molecular weight is 418 g/mol. The average Bonchev–Trinajstić information content (AvgIpc) is 3.32. The molecule has 0 saturated carbocycles. The number of benzene rings is 2. The number of carbonyl (C=O) groups excluding carboxylic acids is 2. The van der Waals surface area contributed by atoms with E-state index in [1.54, 1.807) is 55.5 Å². The van der Waals surface area contributed by atoms with Crippen LogP contribution < -0.4 is 5.32 Å². The largest absolute Gasteiger partial charge is 0.467 e. The van der Waals surface area contributed by atoms with Crippen molar-refractivity contribution in [1.82, 2.24) is 10.3 Å². The van der Waals surface area contributed by atoms with Gasteiger partial charge in [-0.2, -0.15) is 0 Å². The van der Waals surface area contributed by atoms with E-state index in [0.717, 1.165) is 0 Å². The summed E-state index contributed by atoms with van der Waals surface area (Å²) in [5.74, 6) is -0.861. The standard InChI is InChI=1S/C24H19FN2O4/c1-15(22-7-4-12-30-22)26-23(28)14-31-24(29)19-13-21(16-8-10-17(25)11-9-16)27-20-6-3-2-5-18(19)20/h2-13,15H,14H2,1H3,(H,26,28)/t15-/m0/s1. The molecule has 0 aliphatic carbocycles. The monoisotopic (exact) mass is 418 g/mol. The molecule has 1 amide bonds. The van der Waals surface area contributed by atoms with Gasteiger partial charge in [-0.1, -0.05) is 18.2 Å². The van der Waals surface area contributed by atoms with Crippen molar-refractivity contribution in [3.05, 3.63) is 90.1 Å². The van der Waals surface area contributed by atoms with E-state index >= 15 is 0 Å². The molecule has 4 rings (SSSR count). The van der Waals surface area contributed by atoms with Crippen molar-refractivity contribution >= 4 is 22.8 Å². The zero-order valence-corrected chi connectivity index (χ0v) is 16.7. The van der Waals surface area contributed by atoms with Gasteiger partial charge in [0.25, 0.3) is 5.91 Å². The molecule has 1 atom stereocenters. The fourth-order valence-corrected chi connectivity index (χ4v) is 3.21. The van der Waals surface area contributed by atoms with Gasteiger partial charge in [0.2, 0.25) is 0 Å². The number of furan rings is 1. The Hall–Kier alpha value is -4.00. The Morgan fingerprint density at radius 3 is 2.61 bits per heavy atom. The number of halogens is 1. The second-order valence-corrected chi connectivity index (χ2v) is 6.96. The highest BCUT2D eigenvalue weighted by molar-refractivity contribution is 6.05. The SMILES string of the molecule is C[C@H](NC(=O)COC(=O)c1cc(-c2ccc(F)cc2)nc2ccccc12)c1ccco1. The predicted octanol–water partition coefficient (Wildman–Crippen LogP) is 4.67. The fraction of sp³-hybridized carbons (Fsp3) is 0.125. The fourth-order valence-electron chi connectivity index (χ4n) is 3.21. The smallest absolute Gasteiger partial charge is 0.339 e. The molecule has 0 bridgehead atoms. The molecular weight excluding hydrogens is 399 g/mol. The van der Waals surface area contributed by atoms with Crippen LogP contribution in [0.3, 0.4) is 0 Å². The summed E-state index contributed by atoms with van der Waals surface area (Å²) in [5.41, 5.74) is 2.02. The van der Waals surface area contributed by atoms with Crippen LogP contribution in [0.25, 0.3) is 22.2 Å². The molecule has 31 heavy (non-hydrogen) atoms. The highest BCUT2D eigenvalue weighted by atomic mass is 19.1. The Morgan fingerprint density at radius 1 is 1.10 bits per heavy atom. The van der Waals surface area contributed by atoms with Gasteiger partial charge in [-0.25, -0.2) is 14.2 Å². The van der Waals surface area contributed by atoms with Crippen molar-refractivity contribution in [3.63, 3.8) is 0 Å². The summed E-state index contributed by atoms with van der Waals surface area (Å²) in [6.45, 7) is 1.33. The number of amides is 1. The highest BCUT2D eigenvalue weighted by Crippen LogP contribution is 2.25. The first-order valence-electron chi connectivity index (χ1n) is 9.67. The molecule has 7 heteroatoms. The van der Waals surface area contributed by atoms with Crippen molar-refractivity contribution in [3.8, 4) is 11.3 Å². The number of para-hydroxylation sites is 1. The second-order valence-electron chi connectivity index (χ2n) is 6.96. The van der Waals surface area contributed by atoms with Crippen LogP contribution in [0.5, 0.6) is 0 Å². The number of esters is 1. The molecule has 0 fully saturated rings. The van der Waals surface area contributed by atoms with Crippen LogP contribution in [0, 0.1) is 5.82 Å². The van der Waals surface area contributed by atoms with Gasteiger partial charge in [-0.15, -0.1) is 0 Å². The van der Waals surface area contributed by atoms with Gasteiger partial charge < -0.3 is 14.5 Å². The Morgan fingerprint density at radius 2 is 1.87 bits per heavy atom. The first-order valence-corrected chi connectivity index (χ1v) is 9.67. The summed E-state index contributed by atoms with van der Waals surface area (Å²) in [4.78, 5) is 29.6. The lowest BCUT2D eigenvalue weighted by Gasteiger charge is -2.13. The first kappa shape index (κ1) is 20.3. The van der Waals surface area contributed by atoms with E-state index < -0.39 is 18.5 Å². The molecule has 0 saturated heterocycles. The van der Waals surface area contributed by atoms with E-state index in [2.05, 4.69) is 10.3 Å². The molecule has 156 valence electrons.